The molecule has 2 N–H and O–H groups in total. The molecular weight excluding hydrogens is 420 g/mol. The molecule has 4 fully saturated rings. The standard InChI is InChI=1S/C26H38N2O5/c1-15(29)32-18-7-9-24(3)17(11-18)5-6-19-21(24)12-23(33-16(2)30)25(4)20(8-10-26(19,25)31)22-13-27-14-28-22/h13-14,17-21,23,31H,5-12H2,1-4H3,(H,27,28)/t17-,18+,19?,20-,21?,23-,24+,25+,26+/m1/s1. The molecule has 1 aromatic heterocycles. The van der Waals surface area contributed by atoms with Crippen LogP contribution in [0.25, 0.3) is 0 Å². The number of aliphatic hydroxyl groups is 1. The van der Waals surface area contributed by atoms with E-state index in [1.54, 1.807) is 6.33 Å². The minimum absolute atomic E-state index is 0.00568. The molecule has 2 unspecified atom stereocenters. The first-order chi connectivity index (χ1) is 15.6. The van der Waals surface area contributed by atoms with Crippen LogP contribution >= 0.6 is 0 Å². The van der Waals surface area contributed by atoms with Gasteiger partial charge in [-0.05, 0) is 74.5 Å². The summed E-state index contributed by atoms with van der Waals surface area (Å²) in [6, 6.07) is 0. The highest BCUT2D eigenvalue weighted by molar-refractivity contribution is 5.66. The van der Waals surface area contributed by atoms with Crippen molar-refractivity contribution in [3.63, 3.8) is 0 Å². The molecule has 4 aliphatic carbocycles. The van der Waals surface area contributed by atoms with Crippen molar-refractivity contribution in [1.82, 2.24) is 9.97 Å². The molecule has 0 spiro atoms. The Labute approximate surface area is 196 Å². The van der Waals surface area contributed by atoms with Crippen molar-refractivity contribution in [3.05, 3.63) is 18.2 Å². The number of carbonyl (C=O) groups excluding carboxylic acids is 2. The van der Waals surface area contributed by atoms with Crippen LogP contribution < -0.4 is 0 Å². The summed E-state index contributed by atoms with van der Waals surface area (Å²) in [5, 5.41) is 12.5. The fourth-order valence-corrected chi connectivity index (χ4v) is 8.79. The van der Waals surface area contributed by atoms with E-state index in [9.17, 15) is 14.7 Å². The van der Waals surface area contributed by atoms with Crippen molar-refractivity contribution in [2.75, 3.05) is 0 Å². The Balaban J connectivity index is 1.50. The number of aromatic nitrogens is 2. The van der Waals surface area contributed by atoms with Gasteiger partial charge >= 0.3 is 11.9 Å². The Morgan fingerprint density at radius 2 is 1.79 bits per heavy atom. The smallest absolute Gasteiger partial charge is 0.302 e. The number of hydrogen-bond acceptors (Lipinski definition) is 6. The zero-order valence-electron chi connectivity index (χ0n) is 20.3. The van der Waals surface area contributed by atoms with E-state index in [1.165, 1.54) is 13.8 Å². The van der Waals surface area contributed by atoms with E-state index >= 15 is 0 Å². The van der Waals surface area contributed by atoms with E-state index in [-0.39, 0.29) is 47.3 Å². The summed E-state index contributed by atoms with van der Waals surface area (Å²) >= 11 is 0. The van der Waals surface area contributed by atoms with E-state index in [0.717, 1.165) is 50.6 Å². The van der Waals surface area contributed by atoms with Gasteiger partial charge in [0.2, 0.25) is 0 Å². The quantitative estimate of drug-likeness (QED) is 0.661. The number of hydrogen-bond donors (Lipinski definition) is 2. The molecule has 0 amide bonds. The summed E-state index contributed by atoms with van der Waals surface area (Å²) in [5.41, 5.74) is -0.488. The number of ether oxygens (including phenoxy) is 2. The van der Waals surface area contributed by atoms with Crippen molar-refractivity contribution in [1.29, 1.82) is 0 Å². The van der Waals surface area contributed by atoms with Crippen LogP contribution in [0.2, 0.25) is 0 Å². The number of nitrogens with zero attached hydrogens (tertiary/aromatic N) is 1. The fourth-order valence-electron chi connectivity index (χ4n) is 8.79. The van der Waals surface area contributed by atoms with E-state index in [1.807, 2.05) is 6.20 Å². The number of aromatic amines is 1. The van der Waals surface area contributed by atoms with Crippen molar-refractivity contribution in [2.24, 2.45) is 28.6 Å². The van der Waals surface area contributed by atoms with Crippen LogP contribution in [0.1, 0.15) is 90.7 Å². The van der Waals surface area contributed by atoms with Gasteiger partial charge in [-0.1, -0.05) is 13.8 Å². The normalized spacial score (nSPS) is 46.6. The molecule has 0 radical (unpaired) electrons. The number of nitrogens with one attached hydrogen (secondary N) is 1. The molecule has 1 heterocycles. The van der Waals surface area contributed by atoms with E-state index in [4.69, 9.17) is 9.47 Å². The van der Waals surface area contributed by atoms with Crippen LogP contribution in [0.4, 0.5) is 0 Å². The third-order valence-corrected chi connectivity index (χ3v) is 10.4. The average molecular weight is 459 g/mol. The van der Waals surface area contributed by atoms with Gasteiger partial charge in [0.25, 0.3) is 0 Å². The molecule has 7 heteroatoms. The highest BCUT2D eigenvalue weighted by Gasteiger charge is 2.71. The minimum Gasteiger partial charge on any atom is -0.463 e. The molecule has 9 atom stereocenters. The van der Waals surface area contributed by atoms with Gasteiger partial charge in [-0.2, -0.15) is 0 Å². The topological polar surface area (TPSA) is 102 Å². The third-order valence-electron chi connectivity index (χ3n) is 10.4. The minimum atomic E-state index is -0.902. The number of rotatable bonds is 3. The Kier molecular flexibility index (Phi) is 5.42. The molecule has 7 nitrogen and oxygen atoms in total. The van der Waals surface area contributed by atoms with Crippen molar-refractivity contribution in [2.45, 2.75) is 103 Å². The summed E-state index contributed by atoms with van der Waals surface area (Å²) in [6.45, 7) is 7.47. The fraction of sp³-hybridized carbons (Fsp3) is 0.808. The summed E-state index contributed by atoms with van der Waals surface area (Å²) in [6.07, 6.45) is 10.3. The monoisotopic (exact) mass is 458 g/mol. The van der Waals surface area contributed by atoms with Crippen LogP contribution in [0, 0.1) is 28.6 Å². The Morgan fingerprint density at radius 3 is 2.45 bits per heavy atom. The van der Waals surface area contributed by atoms with Crippen LogP contribution in [0.5, 0.6) is 0 Å². The molecule has 0 bridgehead atoms. The molecule has 4 aliphatic rings. The predicted molar refractivity (Wildman–Crippen MR) is 121 cm³/mol. The van der Waals surface area contributed by atoms with Gasteiger partial charge in [0.1, 0.15) is 12.2 Å². The Hall–Kier alpha value is -1.89. The molecule has 1 aromatic rings. The second-order valence-corrected chi connectivity index (χ2v) is 11.6. The summed E-state index contributed by atoms with van der Waals surface area (Å²) in [7, 11) is 0. The van der Waals surface area contributed by atoms with E-state index in [0.29, 0.717) is 12.3 Å². The average Bonchev–Trinajstić information content (AvgIpc) is 3.35. The van der Waals surface area contributed by atoms with Gasteiger partial charge in [0.15, 0.2) is 0 Å². The van der Waals surface area contributed by atoms with Gasteiger partial charge in [-0.25, -0.2) is 4.98 Å². The van der Waals surface area contributed by atoms with Crippen LogP contribution in [-0.2, 0) is 19.1 Å². The maximum Gasteiger partial charge on any atom is 0.302 e. The summed E-state index contributed by atoms with van der Waals surface area (Å²) < 4.78 is 11.6. The lowest BCUT2D eigenvalue weighted by Crippen LogP contribution is -2.67. The molecular formula is C26H38N2O5. The predicted octanol–water partition coefficient (Wildman–Crippen LogP) is 4.12. The first-order valence-corrected chi connectivity index (χ1v) is 12.6. The lowest BCUT2D eigenvalue weighted by atomic mass is 9.42. The summed E-state index contributed by atoms with van der Waals surface area (Å²) in [4.78, 5) is 31.4. The number of H-pyrrole nitrogens is 1. The van der Waals surface area contributed by atoms with Gasteiger partial charge in [-0.3, -0.25) is 9.59 Å². The molecule has 182 valence electrons. The first kappa shape index (κ1) is 22.9. The van der Waals surface area contributed by atoms with Crippen molar-refractivity contribution < 1.29 is 24.2 Å². The van der Waals surface area contributed by atoms with Crippen molar-refractivity contribution >= 4 is 11.9 Å². The lowest BCUT2D eigenvalue weighted by Gasteiger charge is -2.65. The number of fused-ring (bicyclic) bond motifs is 5. The number of imidazole rings is 1. The molecule has 0 aliphatic heterocycles. The Morgan fingerprint density at radius 1 is 1.03 bits per heavy atom. The highest BCUT2D eigenvalue weighted by Crippen LogP contribution is 2.71. The number of carbonyl (C=O) groups is 2. The largest absolute Gasteiger partial charge is 0.463 e. The van der Waals surface area contributed by atoms with Crippen molar-refractivity contribution in [3.8, 4) is 0 Å². The first-order valence-electron chi connectivity index (χ1n) is 12.6. The van der Waals surface area contributed by atoms with Gasteiger partial charge < -0.3 is 19.6 Å². The molecule has 33 heavy (non-hydrogen) atoms. The molecule has 0 saturated heterocycles. The maximum atomic E-state index is 12.5. The second kappa shape index (κ2) is 7.82. The van der Waals surface area contributed by atoms with Gasteiger partial charge in [-0.15, -0.1) is 0 Å². The van der Waals surface area contributed by atoms with Crippen LogP contribution in [0.3, 0.4) is 0 Å². The summed E-state index contributed by atoms with van der Waals surface area (Å²) in [5.74, 6) is 0.450. The SMILES string of the molecule is CC(=O)O[C@H]1CC[C@]2(C)C3C[C@@H](OC(C)=O)[C@]4(C)[C@@H](c5c[nH]cn5)CC[C@]4(O)C3CC[C@@H]2C1. The van der Waals surface area contributed by atoms with E-state index < -0.39 is 11.0 Å². The van der Waals surface area contributed by atoms with E-state index in [2.05, 4.69) is 23.8 Å². The third kappa shape index (κ3) is 3.28. The van der Waals surface area contributed by atoms with Gasteiger partial charge in [0.05, 0.1) is 17.6 Å². The lowest BCUT2D eigenvalue weighted by molar-refractivity contribution is -0.248. The van der Waals surface area contributed by atoms with Crippen LogP contribution in [0.15, 0.2) is 12.5 Å². The molecule has 4 saturated carbocycles. The highest BCUT2D eigenvalue weighted by atomic mass is 16.5. The second-order valence-electron chi connectivity index (χ2n) is 11.6. The zero-order chi connectivity index (χ0) is 23.6. The molecule has 5 rings (SSSR count). The van der Waals surface area contributed by atoms with Crippen LogP contribution in [-0.4, -0.2) is 44.8 Å². The van der Waals surface area contributed by atoms with Gasteiger partial charge in [0, 0.05) is 31.4 Å². The molecule has 0 aromatic carbocycles. The Bertz CT molecular complexity index is 918. The zero-order valence-corrected chi connectivity index (χ0v) is 20.3. The maximum absolute atomic E-state index is 12.5. The number of esters is 2.